The first-order chi connectivity index (χ1) is 17.9. The zero-order chi connectivity index (χ0) is 25.3. The summed E-state index contributed by atoms with van der Waals surface area (Å²) >= 11 is 8.07. The van der Waals surface area contributed by atoms with Gasteiger partial charge in [-0.25, -0.2) is 0 Å². The Kier molecular flexibility index (Phi) is 5.32. The van der Waals surface area contributed by atoms with Crippen LogP contribution in [0.25, 0.3) is 21.3 Å². The molecule has 2 aromatic heterocycles. The van der Waals surface area contributed by atoms with E-state index in [4.69, 9.17) is 16.3 Å². The molecule has 37 heavy (non-hydrogen) atoms. The normalized spacial score (nSPS) is 22.6. The second kappa shape index (κ2) is 8.51. The molecule has 7 rings (SSSR count). The molecule has 3 aliphatic heterocycles. The number of aromatic nitrogens is 1. The van der Waals surface area contributed by atoms with Crippen LogP contribution in [0.4, 0.5) is 5.69 Å². The van der Waals surface area contributed by atoms with Gasteiger partial charge in [-0.1, -0.05) is 11.6 Å². The van der Waals surface area contributed by atoms with Crippen molar-refractivity contribution in [1.29, 1.82) is 0 Å². The number of thiophene rings is 1. The highest BCUT2D eigenvalue weighted by Gasteiger charge is 2.47. The van der Waals surface area contributed by atoms with Gasteiger partial charge in [0, 0.05) is 58.2 Å². The molecule has 0 unspecified atom stereocenters. The number of ether oxygens (including phenoxy) is 1. The van der Waals surface area contributed by atoms with E-state index in [-0.39, 0.29) is 55.3 Å². The average molecular weight is 537 g/mol. The number of halogens is 1. The maximum Gasteiger partial charge on any atom is 0.265 e. The van der Waals surface area contributed by atoms with E-state index in [1.807, 2.05) is 23.1 Å². The van der Waals surface area contributed by atoms with Crippen molar-refractivity contribution in [3.63, 3.8) is 0 Å². The van der Waals surface area contributed by atoms with Crippen LogP contribution in [-0.2, 0) is 20.9 Å². The van der Waals surface area contributed by atoms with Crippen molar-refractivity contribution < 1.29 is 19.1 Å². The first kappa shape index (κ1) is 23.1. The number of imide groups is 1. The van der Waals surface area contributed by atoms with Crippen LogP contribution in [0.15, 0.2) is 30.5 Å². The fraction of sp³-hybridized carbons (Fsp3) is 0.407. The van der Waals surface area contributed by atoms with Gasteiger partial charge in [0.2, 0.25) is 11.8 Å². The van der Waals surface area contributed by atoms with E-state index in [2.05, 4.69) is 10.3 Å². The molecule has 1 aliphatic carbocycles. The van der Waals surface area contributed by atoms with Crippen molar-refractivity contribution in [3.05, 3.63) is 40.4 Å². The van der Waals surface area contributed by atoms with Crippen LogP contribution in [0.2, 0.25) is 5.02 Å². The monoisotopic (exact) mass is 536 g/mol. The lowest BCUT2D eigenvalue weighted by molar-refractivity contribution is -0.139. The molecule has 2 saturated heterocycles. The molecule has 1 N–H and O–H groups in total. The highest BCUT2D eigenvalue weighted by Crippen LogP contribution is 2.49. The number of amides is 3. The van der Waals surface area contributed by atoms with E-state index in [0.29, 0.717) is 10.8 Å². The second-order valence-corrected chi connectivity index (χ2v) is 12.0. The fourth-order valence-corrected chi connectivity index (χ4v) is 7.53. The van der Waals surface area contributed by atoms with E-state index in [9.17, 15) is 14.4 Å². The molecule has 0 radical (unpaired) electrons. The van der Waals surface area contributed by atoms with Crippen LogP contribution in [0.5, 0.6) is 5.75 Å². The summed E-state index contributed by atoms with van der Waals surface area (Å²) in [5.74, 6) is 0.273. The van der Waals surface area contributed by atoms with Crippen LogP contribution in [0.3, 0.4) is 0 Å². The predicted molar refractivity (Wildman–Crippen MR) is 141 cm³/mol. The predicted octanol–water partition coefficient (Wildman–Crippen LogP) is 4.28. The third kappa shape index (κ3) is 3.74. The van der Waals surface area contributed by atoms with Crippen molar-refractivity contribution in [3.8, 4) is 16.9 Å². The van der Waals surface area contributed by atoms with Gasteiger partial charge in [-0.2, -0.15) is 0 Å². The molecule has 0 bridgehead atoms. The topological polar surface area (TPSA) is 91.8 Å². The number of hydrogen-bond acceptors (Lipinski definition) is 7. The summed E-state index contributed by atoms with van der Waals surface area (Å²) in [6.07, 6.45) is 6.71. The Morgan fingerprint density at radius 2 is 1.92 bits per heavy atom. The standard InChI is InChI=1S/C27H25ClN4O4S/c28-15-8-19(18-4-7-29-20-10-17(37-26(18)20)13-31-22(33)2-3-23(31)34)25-21(9-15)36-14-24(35)32(25)16-11-27(30-12-16)5-1-6-27/h4,7-10,16,30H,1-3,5-6,11-14H2/t16-/m1/s1. The Morgan fingerprint density at radius 3 is 2.65 bits per heavy atom. The van der Waals surface area contributed by atoms with Crippen molar-refractivity contribution >= 4 is 56.6 Å². The maximum absolute atomic E-state index is 13.3. The fourth-order valence-electron chi connectivity index (χ4n) is 6.19. The molecule has 3 aromatic rings. The minimum Gasteiger partial charge on any atom is -0.481 e. The lowest BCUT2D eigenvalue weighted by Crippen LogP contribution is -2.47. The van der Waals surface area contributed by atoms with Gasteiger partial charge in [0.1, 0.15) is 5.75 Å². The van der Waals surface area contributed by atoms with Gasteiger partial charge in [0.25, 0.3) is 5.91 Å². The summed E-state index contributed by atoms with van der Waals surface area (Å²) in [6.45, 7) is 0.985. The number of likely N-dealkylation sites (tertiary alicyclic amines) is 1. The third-order valence-electron chi connectivity index (χ3n) is 8.14. The van der Waals surface area contributed by atoms with Crippen LogP contribution >= 0.6 is 22.9 Å². The van der Waals surface area contributed by atoms with E-state index in [1.54, 1.807) is 12.3 Å². The van der Waals surface area contributed by atoms with Crippen molar-refractivity contribution in [2.75, 3.05) is 18.1 Å². The molecule has 3 amide bonds. The molecule has 10 heteroatoms. The smallest absolute Gasteiger partial charge is 0.265 e. The van der Waals surface area contributed by atoms with Crippen molar-refractivity contribution in [2.45, 2.75) is 56.7 Å². The summed E-state index contributed by atoms with van der Waals surface area (Å²) in [4.78, 5) is 46.3. The maximum atomic E-state index is 13.3. The number of carbonyl (C=O) groups is 3. The highest BCUT2D eigenvalue weighted by atomic mass is 35.5. The second-order valence-electron chi connectivity index (χ2n) is 10.4. The lowest BCUT2D eigenvalue weighted by Gasteiger charge is -2.40. The molecule has 1 atom stereocenters. The molecule has 8 nitrogen and oxygen atoms in total. The number of fused-ring (bicyclic) bond motifs is 2. The molecule has 1 spiro atoms. The molecule has 190 valence electrons. The van der Waals surface area contributed by atoms with E-state index in [0.717, 1.165) is 57.7 Å². The Labute approximate surface area is 222 Å². The van der Waals surface area contributed by atoms with Crippen LogP contribution in [-0.4, -0.2) is 52.3 Å². The molecule has 4 aliphatic rings. The van der Waals surface area contributed by atoms with Gasteiger partial charge in [-0.05, 0) is 43.9 Å². The first-order valence-electron chi connectivity index (χ1n) is 12.7. The molecular formula is C27H25ClN4O4S. The van der Waals surface area contributed by atoms with Gasteiger partial charge in [-0.3, -0.25) is 24.3 Å². The lowest BCUT2D eigenvalue weighted by atomic mass is 9.75. The molecule has 1 aromatic carbocycles. The quantitative estimate of drug-likeness (QED) is 0.501. The summed E-state index contributed by atoms with van der Waals surface area (Å²) in [6, 6.07) is 7.57. The summed E-state index contributed by atoms with van der Waals surface area (Å²) < 4.78 is 6.82. The zero-order valence-corrected chi connectivity index (χ0v) is 21.7. The Morgan fingerprint density at radius 1 is 1.11 bits per heavy atom. The van der Waals surface area contributed by atoms with Crippen LogP contribution < -0.4 is 15.0 Å². The van der Waals surface area contributed by atoms with E-state index in [1.165, 1.54) is 22.7 Å². The molecule has 5 heterocycles. The summed E-state index contributed by atoms with van der Waals surface area (Å²) in [5.41, 5.74) is 3.38. The highest BCUT2D eigenvalue weighted by molar-refractivity contribution is 7.19. The number of nitrogens with zero attached hydrogens (tertiary/aromatic N) is 3. The Balaban J connectivity index is 1.33. The summed E-state index contributed by atoms with van der Waals surface area (Å²) in [5, 5.41) is 4.21. The number of benzene rings is 1. The van der Waals surface area contributed by atoms with Gasteiger partial charge >= 0.3 is 0 Å². The van der Waals surface area contributed by atoms with E-state index < -0.39 is 0 Å². The molecule has 1 saturated carbocycles. The average Bonchev–Trinajstić information content (AvgIpc) is 3.57. The number of carbonyl (C=O) groups excluding carboxylic acids is 3. The SMILES string of the molecule is O=C1CCC(=O)N1Cc1cc2nccc(-c3cc(Cl)cc4c3N([C@H]3CNC5(CCC5)C3)C(=O)CO4)c2s1. The zero-order valence-electron chi connectivity index (χ0n) is 20.1. The number of pyridine rings is 1. The Hall–Kier alpha value is -3.01. The summed E-state index contributed by atoms with van der Waals surface area (Å²) in [7, 11) is 0. The van der Waals surface area contributed by atoms with Crippen molar-refractivity contribution in [2.24, 2.45) is 0 Å². The largest absolute Gasteiger partial charge is 0.481 e. The molecular weight excluding hydrogens is 512 g/mol. The van der Waals surface area contributed by atoms with Gasteiger partial charge in [0.15, 0.2) is 6.61 Å². The van der Waals surface area contributed by atoms with Crippen LogP contribution in [0.1, 0.15) is 43.4 Å². The number of hydrogen-bond donors (Lipinski definition) is 1. The minimum absolute atomic E-state index is 0.0108. The van der Waals surface area contributed by atoms with E-state index >= 15 is 0 Å². The Bertz CT molecular complexity index is 1470. The minimum atomic E-state index is -0.139. The van der Waals surface area contributed by atoms with Gasteiger partial charge < -0.3 is 15.0 Å². The van der Waals surface area contributed by atoms with Gasteiger partial charge in [0.05, 0.1) is 28.5 Å². The van der Waals surface area contributed by atoms with Crippen LogP contribution in [0, 0.1) is 0 Å². The number of nitrogens with one attached hydrogen (secondary N) is 1. The third-order valence-corrected chi connectivity index (χ3v) is 9.50. The molecule has 3 fully saturated rings. The number of anilines is 1. The van der Waals surface area contributed by atoms with Crippen molar-refractivity contribution in [1.82, 2.24) is 15.2 Å². The van der Waals surface area contributed by atoms with Gasteiger partial charge in [-0.15, -0.1) is 11.3 Å². The first-order valence-corrected chi connectivity index (χ1v) is 13.8. The number of rotatable bonds is 4.